The largest absolute Gasteiger partial charge is 0.325 e. The number of hydrogen-bond acceptors (Lipinski definition) is 4. The third-order valence-electron chi connectivity index (χ3n) is 5.99. The maximum Gasteiger partial charge on any atom is 0.242 e. The molecular formula is C25H33N3O4S. The van der Waals surface area contributed by atoms with E-state index in [4.69, 9.17) is 0 Å². The minimum Gasteiger partial charge on any atom is -0.325 e. The molecule has 2 aromatic rings. The van der Waals surface area contributed by atoms with Crippen LogP contribution in [0.15, 0.2) is 47.4 Å². The van der Waals surface area contributed by atoms with E-state index < -0.39 is 22.0 Å². The molecule has 0 spiro atoms. The lowest BCUT2D eigenvalue weighted by Crippen LogP contribution is -2.47. The summed E-state index contributed by atoms with van der Waals surface area (Å²) in [4.78, 5) is 26.7. The van der Waals surface area contributed by atoms with Crippen molar-refractivity contribution in [3.63, 3.8) is 0 Å². The molecule has 0 bridgehead atoms. The SMILES string of the molecule is CC(=O)N1c2ccc(S(=O)(=O)N[C@@H](C(=O)Nc3ccc(C(C)C)cc3)C(C)C)cc2C[C@@H]1C. The molecular weight excluding hydrogens is 438 g/mol. The Bertz CT molecular complexity index is 1140. The van der Waals surface area contributed by atoms with Crippen molar-refractivity contribution in [1.29, 1.82) is 0 Å². The molecule has 1 aliphatic rings. The van der Waals surface area contributed by atoms with Crippen molar-refractivity contribution in [2.75, 3.05) is 10.2 Å². The van der Waals surface area contributed by atoms with Gasteiger partial charge in [-0.3, -0.25) is 9.59 Å². The fourth-order valence-electron chi connectivity index (χ4n) is 4.15. The standard InChI is InChI=1S/C25H33N3O4S/c1-15(2)19-7-9-21(10-8-19)26-25(30)24(16(3)4)27-33(31,32)22-11-12-23-20(14-22)13-17(5)28(23)18(6)29/h7-12,14-17,24,27H,13H2,1-6H3,(H,26,30)/t17-,24+/m0/s1. The number of carbonyl (C=O) groups excluding carboxylic acids is 2. The van der Waals surface area contributed by atoms with Crippen molar-refractivity contribution in [1.82, 2.24) is 4.72 Å². The number of nitrogens with one attached hydrogen (secondary N) is 2. The van der Waals surface area contributed by atoms with Gasteiger partial charge in [-0.15, -0.1) is 0 Å². The van der Waals surface area contributed by atoms with Crippen LogP contribution in [-0.4, -0.2) is 32.3 Å². The highest BCUT2D eigenvalue weighted by molar-refractivity contribution is 7.89. The monoisotopic (exact) mass is 471 g/mol. The van der Waals surface area contributed by atoms with Crippen LogP contribution in [0.3, 0.4) is 0 Å². The zero-order chi connectivity index (χ0) is 24.5. The molecule has 7 nitrogen and oxygen atoms in total. The molecule has 2 aromatic carbocycles. The summed E-state index contributed by atoms with van der Waals surface area (Å²) >= 11 is 0. The molecule has 0 aromatic heterocycles. The molecule has 2 N–H and O–H groups in total. The third kappa shape index (κ3) is 5.45. The fraction of sp³-hybridized carbons (Fsp3) is 0.440. The van der Waals surface area contributed by atoms with Gasteiger partial charge in [-0.2, -0.15) is 4.72 Å². The average Bonchev–Trinajstić information content (AvgIpc) is 3.07. The van der Waals surface area contributed by atoms with Gasteiger partial charge in [-0.1, -0.05) is 39.8 Å². The van der Waals surface area contributed by atoms with E-state index in [-0.39, 0.29) is 22.8 Å². The smallest absolute Gasteiger partial charge is 0.242 e. The predicted octanol–water partition coefficient (Wildman–Crippen LogP) is 4.05. The van der Waals surface area contributed by atoms with Gasteiger partial charge >= 0.3 is 0 Å². The topological polar surface area (TPSA) is 95.6 Å². The van der Waals surface area contributed by atoms with Crippen LogP contribution < -0.4 is 14.9 Å². The lowest BCUT2D eigenvalue weighted by molar-refractivity contribution is -0.118. The Labute approximate surface area is 196 Å². The number of sulfonamides is 1. The van der Waals surface area contributed by atoms with Crippen molar-refractivity contribution in [2.45, 2.75) is 70.9 Å². The number of anilines is 2. The fourth-order valence-corrected chi connectivity index (χ4v) is 5.55. The Kier molecular flexibility index (Phi) is 7.29. The van der Waals surface area contributed by atoms with Crippen LogP contribution in [0, 0.1) is 5.92 Å². The van der Waals surface area contributed by atoms with Crippen molar-refractivity contribution < 1.29 is 18.0 Å². The van der Waals surface area contributed by atoms with E-state index in [0.29, 0.717) is 18.0 Å². The molecule has 178 valence electrons. The Morgan fingerprint density at radius 2 is 1.67 bits per heavy atom. The van der Waals surface area contributed by atoms with Crippen LogP contribution in [-0.2, 0) is 26.0 Å². The molecule has 3 rings (SSSR count). The molecule has 33 heavy (non-hydrogen) atoms. The van der Waals surface area contributed by atoms with Gasteiger partial charge in [0.1, 0.15) is 6.04 Å². The Morgan fingerprint density at radius 3 is 2.21 bits per heavy atom. The molecule has 8 heteroatoms. The molecule has 0 unspecified atom stereocenters. The van der Waals surface area contributed by atoms with Crippen LogP contribution in [0.2, 0.25) is 0 Å². The van der Waals surface area contributed by atoms with E-state index in [1.165, 1.54) is 13.0 Å². The van der Waals surface area contributed by atoms with Gasteiger partial charge in [0.05, 0.1) is 4.90 Å². The first-order valence-corrected chi connectivity index (χ1v) is 12.7. The molecule has 0 radical (unpaired) electrons. The van der Waals surface area contributed by atoms with Crippen molar-refractivity contribution in [2.24, 2.45) is 5.92 Å². The summed E-state index contributed by atoms with van der Waals surface area (Å²) < 4.78 is 28.9. The first-order valence-electron chi connectivity index (χ1n) is 11.3. The third-order valence-corrected chi connectivity index (χ3v) is 7.43. The summed E-state index contributed by atoms with van der Waals surface area (Å²) in [7, 11) is -3.95. The molecule has 1 heterocycles. The number of nitrogens with zero attached hydrogens (tertiary/aromatic N) is 1. The summed E-state index contributed by atoms with van der Waals surface area (Å²) in [6.45, 7) is 11.2. The summed E-state index contributed by atoms with van der Waals surface area (Å²) in [5, 5.41) is 2.82. The summed E-state index contributed by atoms with van der Waals surface area (Å²) in [6.07, 6.45) is 0.582. The van der Waals surface area contributed by atoms with Gasteiger partial charge in [0.25, 0.3) is 0 Å². The Hall–Kier alpha value is -2.71. The number of hydrogen-bond donors (Lipinski definition) is 2. The minimum absolute atomic E-state index is 0.0281. The zero-order valence-electron chi connectivity index (χ0n) is 20.0. The maximum atomic E-state index is 13.1. The summed E-state index contributed by atoms with van der Waals surface area (Å²) in [5.41, 5.74) is 3.31. The maximum absolute atomic E-state index is 13.1. The lowest BCUT2D eigenvalue weighted by atomic mass is 10.0. The minimum atomic E-state index is -3.95. The van der Waals surface area contributed by atoms with Gasteiger partial charge in [-0.25, -0.2) is 8.42 Å². The molecule has 1 aliphatic heterocycles. The van der Waals surface area contributed by atoms with Gasteiger partial charge < -0.3 is 10.2 Å². The van der Waals surface area contributed by atoms with Crippen LogP contribution in [0.4, 0.5) is 11.4 Å². The predicted molar refractivity (Wildman–Crippen MR) is 131 cm³/mol. The van der Waals surface area contributed by atoms with E-state index in [1.54, 1.807) is 30.9 Å². The van der Waals surface area contributed by atoms with Crippen molar-refractivity contribution >= 4 is 33.2 Å². The second-order valence-electron chi connectivity index (χ2n) is 9.34. The van der Waals surface area contributed by atoms with Crippen LogP contribution in [0.1, 0.15) is 58.6 Å². The quantitative estimate of drug-likeness (QED) is 0.637. The second-order valence-corrected chi connectivity index (χ2v) is 11.1. The molecule has 0 saturated heterocycles. The first-order chi connectivity index (χ1) is 15.4. The highest BCUT2D eigenvalue weighted by Gasteiger charge is 2.32. The van der Waals surface area contributed by atoms with Gasteiger partial charge in [0, 0.05) is 24.3 Å². The zero-order valence-corrected chi connectivity index (χ0v) is 20.9. The highest BCUT2D eigenvalue weighted by Crippen LogP contribution is 2.34. The number of rotatable bonds is 7. The molecule has 0 fully saturated rings. The average molecular weight is 472 g/mol. The van der Waals surface area contributed by atoms with Crippen molar-refractivity contribution in [3.05, 3.63) is 53.6 Å². The molecule has 2 amide bonds. The Morgan fingerprint density at radius 1 is 1.03 bits per heavy atom. The molecule has 0 aliphatic carbocycles. The second kappa shape index (κ2) is 9.65. The summed E-state index contributed by atoms with van der Waals surface area (Å²) in [6, 6.07) is 11.3. The number of amides is 2. The number of carbonyl (C=O) groups is 2. The van der Waals surface area contributed by atoms with E-state index in [1.807, 2.05) is 31.2 Å². The van der Waals surface area contributed by atoms with E-state index in [2.05, 4.69) is 23.9 Å². The summed E-state index contributed by atoms with van der Waals surface area (Å²) in [5.74, 6) is -0.378. The van der Waals surface area contributed by atoms with Crippen molar-refractivity contribution in [3.8, 4) is 0 Å². The normalized spacial score (nSPS) is 16.7. The van der Waals surface area contributed by atoms with Crippen LogP contribution in [0.5, 0.6) is 0 Å². The van der Waals surface area contributed by atoms with Gasteiger partial charge in [0.15, 0.2) is 0 Å². The first kappa shape index (κ1) is 24.9. The number of benzene rings is 2. The van der Waals surface area contributed by atoms with Gasteiger partial charge in [0.2, 0.25) is 21.8 Å². The van der Waals surface area contributed by atoms with E-state index in [0.717, 1.165) is 16.8 Å². The van der Waals surface area contributed by atoms with Crippen LogP contribution in [0.25, 0.3) is 0 Å². The molecule has 0 saturated carbocycles. The van der Waals surface area contributed by atoms with E-state index >= 15 is 0 Å². The Balaban J connectivity index is 1.79. The van der Waals surface area contributed by atoms with Crippen LogP contribution >= 0.6 is 0 Å². The lowest BCUT2D eigenvalue weighted by Gasteiger charge is -2.22. The van der Waals surface area contributed by atoms with Gasteiger partial charge in [-0.05, 0) is 66.6 Å². The highest BCUT2D eigenvalue weighted by atomic mass is 32.2. The molecule has 2 atom stereocenters. The van der Waals surface area contributed by atoms with E-state index in [9.17, 15) is 18.0 Å². The number of fused-ring (bicyclic) bond motifs is 1.